The highest BCUT2D eigenvalue weighted by Gasteiger charge is 2.26. The number of aromatic amines is 1. The quantitative estimate of drug-likeness (QED) is 0.745. The van der Waals surface area contributed by atoms with Gasteiger partial charge in [0.25, 0.3) is 15.1 Å². The molecule has 0 fully saturated rings. The minimum absolute atomic E-state index is 0.252. The van der Waals surface area contributed by atoms with E-state index in [2.05, 4.69) is 20.8 Å². The summed E-state index contributed by atoms with van der Waals surface area (Å²) in [6, 6.07) is 5.50. The van der Waals surface area contributed by atoms with Crippen LogP contribution < -0.4 is 4.72 Å². The summed E-state index contributed by atoms with van der Waals surface area (Å²) in [7, 11) is -3.94. The number of aryl methyl sites for hydroxylation is 1. The summed E-state index contributed by atoms with van der Waals surface area (Å²) in [6.45, 7) is 7.51. The van der Waals surface area contributed by atoms with Gasteiger partial charge in [-0.15, -0.1) is 0 Å². The van der Waals surface area contributed by atoms with Gasteiger partial charge < -0.3 is 9.40 Å². The zero-order valence-electron chi connectivity index (χ0n) is 14.3. The lowest BCUT2D eigenvalue weighted by atomic mass is 9.97. The largest absolute Gasteiger partial charge is 0.427 e. The molecule has 1 aromatic carbocycles. The van der Waals surface area contributed by atoms with Crippen molar-refractivity contribution in [2.75, 3.05) is 4.72 Å². The standard InChI is InChI=1S/C17H18N4O3S/c1-10-5-6-12(15-14(10)11(7-18)8-19-15)21-25(22,23)13-9-20-16(24-13)17(2,3)4/h5-6,8-9,19,21H,1-4H3. The Kier molecular flexibility index (Phi) is 3.84. The third kappa shape index (κ3) is 2.98. The smallest absolute Gasteiger partial charge is 0.297 e. The second-order valence-corrected chi connectivity index (χ2v) is 8.45. The fourth-order valence-corrected chi connectivity index (χ4v) is 3.46. The molecule has 3 rings (SSSR count). The lowest BCUT2D eigenvalue weighted by Gasteiger charge is -2.12. The predicted octanol–water partition coefficient (Wildman–Crippen LogP) is 3.43. The highest BCUT2D eigenvalue weighted by atomic mass is 32.2. The summed E-state index contributed by atoms with van der Waals surface area (Å²) >= 11 is 0. The maximum absolute atomic E-state index is 12.6. The molecular weight excluding hydrogens is 340 g/mol. The number of nitrogens with one attached hydrogen (secondary N) is 2. The summed E-state index contributed by atoms with van der Waals surface area (Å²) in [5, 5.41) is 9.64. The fraction of sp³-hybridized carbons (Fsp3) is 0.294. The van der Waals surface area contributed by atoms with E-state index in [0.29, 0.717) is 28.0 Å². The molecule has 25 heavy (non-hydrogen) atoms. The van der Waals surface area contributed by atoms with Gasteiger partial charge in [0.05, 0.1) is 23.0 Å². The average Bonchev–Trinajstić information content (AvgIpc) is 3.16. The van der Waals surface area contributed by atoms with Crippen LogP contribution in [0.4, 0.5) is 5.69 Å². The molecule has 2 N–H and O–H groups in total. The Hall–Kier alpha value is -2.79. The summed E-state index contributed by atoms with van der Waals surface area (Å²) in [5.74, 6) is 0.341. The fourth-order valence-electron chi connectivity index (χ4n) is 2.52. The normalized spacial score (nSPS) is 12.3. The van der Waals surface area contributed by atoms with E-state index in [1.54, 1.807) is 18.3 Å². The van der Waals surface area contributed by atoms with Gasteiger partial charge in [0.1, 0.15) is 6.07 Å². The van der Waals surface area contributed by atoms with Gasteiger partial charge in [-0.3, -0.25) is 4.72 Å². The Morgan fingerprint density at radius 1 is 1.32 bits per heavy atom. The number of benzene rings is 1. The summed E-state index contributed by atoms with van der Waals surface area (Å²) in [4.78, 5) is 7.01. The zero-order valence-corrected chi connectivity index (χ0v) is 15.2. The van der Waals surface area contributed by atoms with Crippen LogP contribution in [0, 0.1) is 18.3 Å². The predicted molar refractivity (Wildman–Crippen MR) is 93.8 cm³/mol. The number of hydrogen-bond donors (Lipinski definition) is 2. The minimum Gasteiger partial charge on any atom is -0.427 e. The molecule has 0 bridgehead atoms. The average molecular weight is 358 g/mol. The molecule has 0 saturated heterocycles. The van der Waals surface area contributed by atoms with Crippen LogP contribution in [0.3, 0.4) is 0 Å². The number of nitrogens with zero attached hydrogens (tertiary/aromatic N) is 2. The van der Waals surface area contributed by atoms with Crippen molar-refractivity contribution < 1.29 is 12.8 Å². The first-order chi connectivity index (χ1) is 11.6. The SMILES string of the molecule is Cc1ccc(NS(=O)(=O)c2cnc(C(C)(C)C)o2)c2[nH]cc(C#N)c12. The highest BCUT2D eigenvalue weighted by Crippen LogP contribution is 2.30. The Bertz CT molecular complexity index is 1100. The molecule has 2 aromatic heterocycles. The Morgan fingerprint density at radius 3 is 2.64 bits per heavy atom. The van der Waals surface area contributed by atoms with Crippen molar-refractivity contribution in [3.05, 3.63) is 41.5 Å². The van der Waals surface area contributed by atoms with Crippen LogP contribution in [0.5, 0.6) is 0 Å². The number of rotatable bonds is 3. The first-order valence-electron chi connectivity index (χ1n) is 7.63. The number of oxazole rings is 1. The molecule has 0 radical (unpaired) electrons. The van der Waals surface area contributed by atoms with E-state index in [4.69, 9.17) is 4.42 Å². The minimum atomic E-state index is -3.94. The lowest BCUT2D eigenvalue weighted by Crippen LogP contribution is -2.13. The van der Waals surface area contributed by atoms with E-state index in [1.807, 2.05) is 27.7 Å². The molecule has 7 nitrogen and oxygen atoms in total. The van der Waals surface area contributed by atoms with Crippen LogP contribution in [0.1, 0.15) is 37.8 Å². The van der Waals surface area contributed by atoms with Crippen molar-refractivity contribution in [1.29, 1.82) is 5.26 Å². The summed E-state index contributed by atoms with van der Waals surface area (Å²) in [5.41, 5.74) is 1.84. The maximum atomic E-state index is 12.6. The van der Waals surface area contributed by atoms with Gasteiger partial charge in [0.15, 0.2) is 0 Å². The first kappa shape index (κ1) is 17.0. The van der Waals surface area contributed by atoms with Gasteiger partial charge in [-0.05, 0) is 18.6 Å². The second-order valence-electron chi connectivity index (χ2n) is 6.83. The number of nitriles is 1. The van der Waals surface area contributed by atoms with Crippen LogP contribution in [0.2, 0.25) is 0 Å². The third-order valence-corrected chi connectivity index (χ3v) is 5.01. The Balaban J connectivity index is 2.04. The second kappa shape index (κ2) is 5.63. The van der Waals surface area contributed by atoms with Crippen molar-refractivity contribution in [1.82, 2.24) is 9.97 Å². The van der Waals surface area contributed by atoms with Gasteiger partial charge in [0.2, 0.25) is 5.89 Å². The van der Waals surface area contributed by atoms with Crippen LogP contribution in [0.15, 0.2) is 34.0 Å². The molecule has 2 heterocycles. The molecule has 0 amide bonds. The third-order valence-electron chi connectivity index (χ3n) is 3.80. The number of sulfonamides is 1. The number of H-pyrrole nitrogens is 1. The Labute approximate surface area is 145 Å². The molecule has 0 aliphatic heterocycles. The monoisotopic (exact) mass is 358 g/mol. The van der Waals surface area contributed by atoms with Crippen molar-refractivity contribution >= 4 is 26.6 Å². The van der Waals surface area contributed by atoms with E-state index < -0.39 is 15.4 Å². The van der Waals surface area contributed by atoms with Gasteiger partial charge in [-0.1, -0.05) is 26.8 Å². The first-order valence-corrected chi connectivity index (χ1v) is 9.12. The number of anilines is 1. The molecule has 8 heteroatoms. The van der Waals surface area contributed by atoms with Crippen molar-refractivity contribution in [2.45, 2.75) is 38.2 Å². The van der Waals surface area contributed by atoms with Gasteiger partial charge in [-0.2, -0.15) is 13.7 Å². The maximum Gasteiger partial charge on any atom is 0.297 e. The van der Waals surface area contributed by atoms with E-state index >= 15 is 0 Å². The summed E-state index contributed by atoms with van der Waals surface area (Å²) < 4.78 is 33.2. The van der Waals surface area contributed by atoms with Crippen LogP contribution in [0.25, 0.3) is 10.9 Å². The van der Waals surface area contributed by atoms with Gasteiger partial charge >= 0.3 is 0 Å². The molecule has 3 aromatic rings. The van der Waals surface area contributed by atoms with Crippen LogP contribution in [-0.2, 0) is 15.4 Å². The molecule has 130 valence electrons. The molecular formula is C17H18N4O3S. The van der Waals surface area contributed by atoms with Crippen LogP contribution in [-0.4, -0.2) is 18.4 Å². The van der Waals surface area contributed by atoms with Crippen molar-refractivity contribution in [3.8, 4) is 6.07 Å². The molecule has 0 aliphatic rings. The highest BCUT2D eigenvalue weighted by molar-refractivity contribution is 7.92. The summed E-state index contributed by atoms with van der Waals surface area (Å²) in [6.07, 6.45) is 2.76. The molecule has 0 spiro atoms. The topological polar surface area (TPSA) is 112 Å². The molecule has 0 aliphatic carbocycles. The molecule has 0 unspecified atom stereocenters. The number of fused-ring (bicyclic) bond motifs is 1. The zero-order chi connectivity index (χ0) is 18.4. The van der Waals surface area contributed by atoms with E-state index in [-0.39, 0.29) is 5.09 Å². The van der Waals surface area contributed by atoms with E-state index in [1.165, 1.54) is 6.20 Å². The molecule has 0 saturated carbocycles. The molecule has 0 atom stereocenters. The number of aromatic nitrogens is 2. The van der Waals surface area contributed by atoms with Gasteiger partial charge in [0, 0.05) is 17.0 Å². The van der Waals surface area contributed by atoms with E-state index in [9.17, 15) is 13.7 Å². The van der Waals surface area contributed by atoms with Crippen molar-refractivity contribution in [2.24, 2.45) is 0 Å². The van der Waals surface area contributed by atoms with Crippen LogP contribution >= 0.6 is 0 Å². The van der Waals surface area contributed by atoms with E-state index in [0.717, 1.165) is 5.56 Å². The lowest BCUT2D eigenvalue weighted by molar-refractivity contribution is 0.344. The van der Waals surface area contributed by atoms with Crippen molar-refractivity contribution in [3.63, 3.8) is 0 Å². The van der Waals surface area contributed by atoms with Gasteiger partial charge in [-0.25, -0.2) is 4.98 Å². The Morgan fingerprint density at radius 2 is 2.04 bits per heavy atom. The number of hydrogen-bond acceptors (Lipinski definition) is 5.